The Morgan fingerprint density at radius 3 is 2.93 bits per heavy atom. The van der Waals surface area contributed by atoms with E-state index in [-0.39, 0.29) is 0 Å². The monoisotopic (exact) mass is 197 g/mol. The first kappa shape index (κ1) is 10.4. The van der Waals surface area contributed by atoms with Gasteiger partial charge in [0.1, 0.15) is 0 Å². The molecule has 82 valence electrons. The van der Waals surface area contributed by atoms with Crippen molar-refractivity contribution in [2.45, 2.75) is 38.3 Å². The van der Waals surface area contributed by atoms with Gasteiger partial charge in [0.15, 0.2) is 0 Å². The lowest BCUT2D eigenvalue weighted by Gasteiger charge is -2.40. The van der Waals surface area contributed by atoms with Crippen LogP contribution in [0.3, 0.4) is 0 Å². The normalized spacial score (nSPS) is 39.4. The molecule has 4 unspecified atom stereocenters. The predicted octanol–water partition coefficient (Wildman–Crippen LogP) is 0.504. The molecule has 3 saturated heterocycles. The maximum atomic E-state index is 6.25. The molecule has 0 spiro atoms. The predicted molar refractivity (Wildman–Crippen MR) is 59.3 cm³/mol. The van der Waals surface area contributed by atoms with Crippen molar-refractivity contribution in [3.63, 3.8) is 0 Å². The molecule has 0 radical (unpaired) electrons. The molecule has 3 heterocycles. The summed E-state index contributed by atoms with van der Waals surface area (Å²) in [5.74, 6) is 0. The molecular weight excluding hydrogens is 174 g/mol. The molecule has 14 heavy (non-hydrogen) atoms. The molecular formula is C11H23N3. The van der Waals surface area contributed by atoms with Gasteiger partial charge in [-0.15, -0.1) is 0 Å². The van der Waals surface area contributed by atoms with Gasteiger partial charge in [0, 0.05) is 31.7 Å². The minimum absolute atomic E-state index is 0.390. The van der Waals surface area contributed by atoms with Crippen LogP contribution in [-0.4, -0.2) is 54.6 Å². The van der Waals surface area contributed by atoms with Crippen LogP contribution in [0.4, 0.5) is 0 Å². The Kier molecular flexibility index (Phi) is 3.42. The lowest BCUT2D eigenvalue weighted by atomic mass is 10.0. The van der Waals surface area contributed by atoms with Crippen molar-refractivity contribution in [1.29, 1.82) is 0 Å². The summed E-state index contributed by atoms with van der Waals surface area (Å²) in [6.07, 6.45) is 3.72. The van der Waals surface area contributed by atoms with E-state index in [1.807, 2.05) is 0 Å². The van der Waals surface area contributed by atoms with Crippen molar-refractivity contribution in [3.8, 4) is 0 Å². The van der Waals surface area contributed by atoms with Crippen LogP contribution >= 0.6 is 0 Å². The van der Waals surface area contributed by atoms with Crippen molar-refractivity contribution >= 4 is 0 Å². The van der Waals surface area contributed by atoms with E-state index in [2.05, 4.69) is 16.7 Å². The van der Waals surface area contributed by atoms with Gasteiger partial charge in [-0.2, -0.15) is 0 Å². The van der Waals surface area contributed by atoms with Crippen molar-refractivity contribution in [2.75, 3.05) is 32.7 Å². The first-order valence-electron chi connectivity index (χ1n) is 6.03. The molecule has 0 aromatic heterocycles. The minimum Gasteiger partial charge on any atom is -0.326 e. The second-order valence-corrected chi connectivity index (χ2v) is 4.71. The summed E-state index contributed by atoms with van der Waals surface area (Å²) < 4.78 is 0. The van der Waals surface area contributed by atoms with E-state index in [1.54, 1.807) is 0 Å². The maximum absolute atomic E-state index is 6.25. The second-order valence-electron chi connectivity index (χ2n) is 4.71. The summed E-state index contributed by atoms with van der Waals surface area (Å²) in [5, 5.41) is 0. The van der Waals surface area contributed by atoms with Gasteiger partial charge in [0.05, 0.1) is 0 Å². The van der Waals surface area contributed by atoms with Crippen LogP contribution in [0, 0.1) is 0 Å². The lowest BCUT2D eigenvalue weighted by Crippen LogP contribution is -2.57. The molecule has 0 amide bonds. The van der Waals surface area contributed by atoms with Crippen LogP contribution in [0.15, 0.2) is 0 Å². The standard InChI is InChI=1S/C11H23N3/c1-2-4-10(12)11-9-13-5-3-6-14(11)8-7-13/h10-11H,2-9,12H2,1H3. The van der Waals surface area contributed by atoms with Gasteiger partial charge < -0.3 is 10.6 Å². The quantitative estimate of drug-likeness (QED) is 0.715. The largest absolute Gasteiger partial charge is 0.326 e. The summed E-state index contributed by atoms with van der Waals surface area (Å²) in [6, 6.07) is 1.02. The third-order valence-corrected chi connectivity index (χ3v) is 3.65. The zero-order valence-electron chi connectivity index (χ0n) is 9.28. The summed E-state index contributed by atoms with van der Waals surface area (Å²) in [7, 11) is 0. The highest BCUT2D eigenvalue weighted by Crippen LogP contribution is 2.18. The first-order valence-corrected chi connectivity index (χ1v) is 6.03. The zero-order chi connectivity index (χ0) is 9.97. The van der Waals surface area contributed by atoms with E-state index >= 15 is 0 Å². The number of piperazine rings is 1. The molecule has 3 nitrogen and oxygen atoms in total. The average Bonchev–Trinajstić information content (AvgIpc) is 2.52. The third-order valence-electron chi connectivity index (χ3n) is 3.65. The number of hydrogen-bond acceptors (Lipinski definition) is 3. The molecule has 3 aliphatic heterocycles. The highest BCUT2D eigenvalue weighted by atomic mass is 15.3. The fourth-order valence-corrected chi connectivity index (χ4v) is 2.82. The molecule has 0 aromatic carbocycles. The smallest absolute Gasteiger partial charge is 0.0374 e. The Balaban J connectivity index is 1.97. The maximum Gasteiger partial charge on any atom is 0.0374 e. The van der Waals surface area contributed by atoms with E-state index < -0.39 is 0 Å². The highest BCUT2D eigenvalue weighted by molar-refractivity contribution is 4.91. The molecule has 2 N–H and O–H groups in total. The lowest BCUT2D eigenvalue weighted by molar-refractivity contribution is 0.0944. The molecule has 0 aromatic rings. The molecule has 3 heteroatoms. The molecule has 3 aliphatic rings. The van der Waals surface area contributed by atoms with Gasteiger partial charge in [-0.1, -0.05) is 13.3 Å². The fourth-order valence-electron chi connectivity index (χ4n) is 2.82. The summed E-state index contributed by atoms with van der Waals surface area (Å²) in [5.41, 5.74) is 6.25. The SMILES string of the molecule is CCCC(N)C1CN2CCCN1CC2. The molecule has 0 aliphatic carbocycles. The molecule has 0 saturated carbocycles. The van der Waals surface area contributed by atoms with Gasteiger partial charge in [0.2, 0.25) is 0 Å². The second kappa shape index (κ2) is 4.60. The highest BCUT2D eigenvalue weighted by Gasteiger charge is 2.32. The van der Waals surface area contributed by atoms with Crippen molar-refractivity contribution in [1.82, 2.24) is 9.80 Å². The topological polar surface area (TPSA) is 32.5 Å². The Hall–Kier alpha value is -0.120. The molecule has 2 bridgehead atoms. The molecule has 3 fully saturated rings. The zero-order valence-corrected chi connectivity index (χ0v) is 9.28. The van der Waals surface area contributed by atoms with Gasteiger partial charge in [-0.05, 0) is 25.9 Å². The number of fused-ring (bicyclic) bond motifs is 4. The minimum atomic E-state index is 0.390. The van der Waals surface area contributed by atoms with Gasteiger partial charge in [-0.25, -0.2) is 0 Å². The summed E-state index contributed by atoms with van der Waals surface area (Å²) in [6.45, 7) is 8.48. The van der Waals surface area contributed by atoms with Crippen LogP contribution in [0.25, 0.3) is 0 Å². The van der Waals surface area contributed by atoms with Crippen LogP contribution in [0.5, 0.6) is 0 Å². The van der Waals surface area contributed by atoms with Crippen molar-refractivity contribution in [2.24, 2.45) is 5.73 Å². The van der Waals surface area contributed by atoms with E-state index in [9.17, 15) is 0 Å². The fraction of sp³-hybridized carbons (Fsp3) is 1.00. The van der Waals surface area contributed by atoms with E-state index in [4.69, 9.17) is 5.73 Å². The van der Waals surface area contributed by atoms with Crippen molar-refractivity contribution in [3.05, 3.63) is 0 Å². The van der Waals surface area contributed by atoms with E-state index in [0.717, 1.165) is 0 Å². The number of nitrogens with zero attached hydrogens (tertiary/aromatic N) is 2. The van der Waals surface area contributed by atoms with Crippen LogP contribution in [0.2, 0.25) is 0 Å². The Labute approximate surface area is 87.2 Å². The Morgan fingerprint density at radius 1 is 1.29 bits per heavy atom. The number of hydrogen-bond donors (Lipinski definition) is 1. The van der Waals surface area contributed by atoms with E-state index in [1.165, 1.54) is 52.0 Å². The van der Waals surface area contributed by atoms with Crippen LogP contribution in [0.1, 0.15) is 26.2 Å². The molecule has 4 atom stereocenters. The average molecular weight is 197 g/mol. The van der Waals surface area contributed by atoms with Crippen LogP contribution in [-0.2, 0) is 0 Å². The third kappa shape index (κ3) is 2.10. The Bertz CT molecular complexity index is 179. The first-order chi connectivity index (χ1) is 6.81. The van der Waals surface area contributed by atoms with Gasteiger partial charge >= 0.3 is 0 Å². The van der Waals surface area contributed by atoms with Gasteiger partial charge in [-0.3, -0.25) is 4.90 Å². The van der Waals surface area contributed by atoms with Gasteiger partial charge in [0.25, 0.3) is 0 Å². The Morgan fingerprint density at radius 2 is 2.14 bits per heavy atom. The number of nitrogens with two attached hydrogens (primary N) is 1. The summed E-state index contributed by atoms with van der Waals surface area (Å²) in [4.78, 5) is 5.20. The number of rotatable bonds is 3. The van der Waals surface area contributed by atoms with E-state index in [0.29, 0.717) is 12.1 Å². The van der Waals surface area contributed by atoms with Crippen LogP contribution < -0.4 is 5.73 Å². The summed E-state index contributed by atoms with van der Waals surface area (Å²) >= 11 is 0. The molecule has 3 rings (SSSR count). The van der Waals surface area contributed by atoms with Crippen molar-refractivity contribution < 1.29 is 0 Å².